The van der Waals surface area contributed by atoms with Crippen molar-refractivity contribution in [3.8, 4) is 0 Å². The number of rotatable bonds is 0. The van der Waals surface area contributed by atoms with Crippen LogP contribution in [0.1, 0.15) is 0 Å². The zero-order valence-corrected chi connectivity index (χ0v) is 5.92. The fraction of sp³-hybridized carbons (Fsp3) is 0. The van der Waals surface area contributed by atoms with E-state index in [0.717, 1.165) is 5.69 Å². The standard InChI is InChI=1S/C4H3NO2S2/c6-9(7)4-3(5-9)1-2-8-4/h1-2,5H. The Hall–Kier alpha value is -0.550. The highest BCUT2D eigenvalue weighted by Crippen LogP contribution is 2.37. The number of nitrogens with one attached hydrogen (secondary N) is 1. The van der Waals surface area contributed by atoms with Crippen LogP contribution in [0, 0.1) is 0 Å². The molecular formula is C4H3NO2S2. The van der Waals surface area contributed by atoms with Crippen LogP contribution in [0.15, 0.2) is 15.7 Å². The molecule has 5 heteroatoms. The molecule has 1 aliphatic heterocycles. The molecule has 1 aromatic heterocycles. The summed E-state index contributed by atoms with van der Waals surface area (Å²) < 4.78 is 24.1. The Labute approximate surface area is 56.4 Å². The van der Waals surface area contributed by atoms with Crippen LogP contribution in [0.3, 0.4) is 0 Å². The average molecular weight is 161 g/mol. The zero-order chi connectivity index (χ0) is 6.48. The lowest BCUT2D eigenvalue weighted by Gasteiger charge is -2.14. The molecule has 1 aromatic rings. The average Bonchev–Trinajstić information content (AvgIpc) is 2.10. The first kappa shape index (κ1) is 5.25. The number of anilines is 1. The van der Waals surface area contributed by atoms with E-state index in [-0.39, 0.29) is 0 Å². The normalized spacial score (nSPS) is 19.6. The molecule has 0 radical (unpaired) electrons. The molecule has 0 spiro atoms. The van der Waals surface area contributed by atoms with Crippen molar-refractivity contribution in [3.63, 3.8) is 0 Å². The highest BCUT2D eigenvalue weighted by molar-refractivity contribution is 7.96. The van der Waals surface area contributed by atoms with Gasteiger partial charge in [-0.2, -0.15) is 0 Å². The quantitative estimate of drug-likeness (QED) is 0.613. The van der Waals surface area contributed by atoms with Crippen molar-refractivity contribution in [1.29, 1.82) is 0 Å². The summed E-state index contributed by atoms with van der Waals surface area (Å²) in [5.41, 5.74) is 0.736. The fourth-order valence-corrected chi connectivity index (χ4v) is 2.97. The van der Waals surface area contributed by atoms with Gasteiger partial charge in [-0.25, -0.2) is 8.42 Å². The maximum Gasteiger partial charge on any atom is 0.273 e. The van der Waals surface area contributed by atoms with E-state index in [1.54, 1.807) is 11.4 Å². The van der Waals surface area contributed by atoms with Crippen LogP contribution in [-0.4, -0.2) is 8.42 Å². The Balaban J connectivity index is 2.80. The van der Waals surface area contributed by atoms with E-state index in [4.69, 9.17) is 0 Å². The third-order valence-electron chi connectivity index (χ3n) is 1.12. The minimum atomic E-state index is -3.03. The van der Waals surface area contributed by atoms with Crippen molar-refractivity contribution in [2.75, 3.05) is 4.72 Å². The third kappa shape index (κ3) is 0.529. The third-order valence-corrected chi connectivity index (χ3v) is 3.97. The molecule has 48 valence electrons. The number of fused-ring (bicyclic) bond motifs is 1. The van der Waals surface area contributed by atoms with Gasteiger partial charge in [-0.1, -0.05) is 0 Å². The molecule has 0 saturated carbocycles. The molecule has 9 heavy (non-hydrogen) atoms. The van der Waals surface area contributed by atoms with E-state index < -0.39 is 10.0 Å². The van der Waals surface area contributed by atoms with Gasteiger partial charge in [0.2, 0.25) is 0 Å². The van der Waals surface area contributed by atoms with Gasteiger partial charge in [0.25, 0.3) is 10.0 Å². The molecule has 0 saturated heterocycles. The van der Waals surface area contributed by atoms with Gasteiger partial charge in [0.15, 0.2) is 4.21 Å². The first-order valence-electron chi connectivity index (χ1n) is 2.30. The van der Waals surface area contributed by atoms with Crippen molar-refractivity contribution in [3.05, 3.63) is 11.4 Å². The van der Waals surface area contributed by atoms with Crippen LogP contribution in [-0.2, 0) is 10.0 Å². The summed E-state index contributed by atoms with van der Waals surface area (Å²) in [4.78, 5) is 0. The Morgan fingerprint density at radius 2 is 2.33 bits per heavy atom. The Morgan fingerprint density at radius 3 is 2.78 bits per heavy atom. The summed E-state index contributed by atoms with van der Waals surface area (Å²) >= 11 is 1.25. The lowest BCUT2D eigenvalue weighted by atomic mass is 10.6. The van der Waals surface area contributed by atoms with Crippen LogP contribution in [0.5, 0.6) is 0 Å². The second kappa shape index (κ2) is 1.30. The first-order valence-corrected chi connectivity index (χ1v) is 4.67. The van der Waals surface area contributed by atoms with Gasteiger partial charge >= 0.3 is 0 Å². The summed E-state index contributed by atoms with van der Waals surface area (Å²) in [6.45, 7) is 0. The Morgan fingerprint density at radius 1 is 1.56 bits per heavy atom. The summed E-state index contributed by atoms with van der Waals surface area (Å²) in [5.74, 6) is 0. The molecule has 0 fully saturated rings. The van der Waals surface area contributed by atoms with Crippen LogP contribution in [0.2, 0.25) is 0 Å². The van der Waals surface area contributed by atoms with E-state index in [1.807, 2.05) is 0 Å². The maximum absolute atomic E-state index is 10.7. The van der Waals surface area contributed by atoms with E-state index in [1.165, 1.54) is 11.3 Å². The monoisotopic (exact) mass is 161 g/mol. The summed E-state index contributed by atoms with van der Waals surface area (Å²) in [6.07, 6.45) is 0. The van der Waals surface area contributed by atoms with Gasteiger partial charge in [-0.05, 0) is 11.4 Å². The number of hydrogen-bond donors (Lipinski definition) is 1. The second-order valence-electron chi connectivity index (χ2n) is 1.73. The molecule has 0 unspecified atom stereocenters. The van der Waals surface area contributed by atoms with E-state index in [0.29, 0.717) is 4.21 Å². The highest BCUT2D eigenvalue weighted by atomic mass is 32.2. The topological polar surface area (TPSA) is 46.2 Å². The molecule has 1 aliphatic rings. The molecule has 2 rings (SSSR count). The molecule has 0 bridgehead atoms. The second-order valence-corrected chi connectivity index (χ2v) is 4.52. The first-order chi connectivity index (χ1) is 4.20. The van der Waals surface area contributed by atoms with E-state index in [9.17, 15) is 8.42 Å². The van der Waals surface area contributed by atoms with Crippen molar-refractivity contribution in [2.24, 2.45) is 0 Å². The van der Waals surface area contributed by atoms with Gasteiger partial charge in [0, 0.05) is 0 Å². The number of thiophene rings is 1. The van der Waals surface area contributed by atoms with Crippen LogP contribution >= 0.6 is 11.3 Å². The smallest absolute Gasteiger partial charge is 0.273 e. The summed E-state index contributed by atoms with van der Waals surface area (Å²) in [5, 5.41) is 1.75. The maximum atomic E-state index is 10.7. The predicted octanol–water partition coefficient (Wildman–Crippen LogP) is 0.862. The van der Waals surface area contributed by atoms with Gasteiger partial charge in [0.05, 0.1) is 5.69 Å². The number of hydrogen-bond acceptors (Lipinski definition) is 3. The molecule has 0 atom stereocenters. The van der Waals surface area contributed by atoms with Crippen molar-refractivity contribution < 1.29 is 8.42 Å². The predicted molar refractivity (Wildman–Crippen MR) is 35.1 cm³/mol. The molecule has 0 aromatic carbocycles. The van der Waals surface area contributed by atoms with E-state index in [2.05, 4.69) is 4.72 Å². The van der Waals surface area contributed by atoms with Gasteiger partial charge in [0.1, 0.15) is 0 Å². The molecule has 2 heterocycles. The SMILES string of the molecule is O=S1(=O)Nc2ccsc21. The van der Waals surface area contributed by atoms with Crippen molar-refractivity contribution >= 4 is 27.0 Å². The Bertz CT molecular complexity index is 337. The lowest BCUT2D eigenvalue weighted by Crippen LogP contribution is -2.21. The molecule has 1 N–H and O–H groups in total. The minimum absolute atomic E-state index is 0.461. The van der Waals surface area contributed by atoms with Crippen LogP contribution in [0.25, 0.3) is 0 Å². The Kier molecular flexibility index (Phi) is 0.758. The molecule has 3 nitrogen and oxygen atoms in total. The largest absolute Gasteiger partial charge is 0.277 e. The molecular weight excluding hydrogens is 158 g/mol. The highest BCUT2D eigenvalue weighted by Gasteiger charge is 2.30. The molecule has 0 amide bonds. The summed E-state index contributed by atoms with van der Waals surface area (Å²) in [6, 6.07) is 1.75. The van der Waals surface area contributed by atoms with Gasteiger partial charge < -0.3 is 0 Å². The van der Waals surface area contributed by atoms with E-state index >= 15 is 0 Å². The molecule has 0 aliphatic carbocycles. The van der Waals surface area contributed by atoms with Crippen LogP contribution in [0.4, 0.5) is 5.69 Å². The number of sulfonamides is 1. The van der Waals surface area contributed by atoms with Gasteiger partial charge in [-0.3, -0.25) is 4.72 Å². The summed E-state index contributed by atoms with van der Waals surface area (Å²) in [7, 11) is -3.03. The zero-order valence-electron chi connectivity index (χ0n) is 4.29. The van der Waals surface area contributed by atoms with Gasteiger partial charge in [-0.15, -0.1) is 11.3 Å². The van der Waals surface area contributed by atoms with Crippen LogP contribution < -0.4 is 4.72 Å². The van der Waals surface area contributed by atoms with Crippen molar-refractivity contribution in [1.82, 2.24) is 0 Å². The van der Waals surface area contributed by atoms with Crippen molar-refractivity contribution in [2.45, 2.75) is 4.21 Å². The lowest BCUT2D eigenvalue weighted by molar-refractivity contribution is 0.599. The fourth-order valence-electron chi connectivity index (χ4n) is 0.724. The minimum Gasteiger partial charge on any atom is -0.277 e.